The van der Waals surface area contributed by atoms with Crippen LogP contribution in [0.2, 0.25) is 0 Å². The molecule has 5 heteroatoms. The summed E-state index contributed by atoms with van der Waals surface area (Å²) in [5.74, 6) is -0.634. The minimum Gasteiger partial charge on any atom is -0.368 e. The number of amides is 2. The summed E-state index contributed by atoms with van der Waals surface area (Å²) in [4.78, 5) is 26.4. The molecule has 0 unspecified atom stereocenters. The molecule has 2 aromatic carbocycles. The van der Waals surface area contributed by atoms with E-state index in [2.05, 4.69) is 22.3 Å². The molecule has 3 N–H and O–H groups in total. The molecule has 0 bridgehead atoms. The van der Waals surface area contributed by atoms with Gasteiger partial charge in [0, 0.05) is 6.54 Å². The highest BCUT2D eigenvalue weighted by Crippen LogP contribution is 2.36. The highest BCUT2D eigenvalue weighted by molar-refractivity contribution is 5.91. The van der Waals surface area contributed by atoms with Crippen LogP contribution in [0.4, 0.5) is 0 Å². The van der Waals surface area contributed by atoms with Crippen LogP contribution in [-0.4, -0.2) is 36.3 Å². The second-order valence-electron chi connectivity index (χ2n) is 6.86. The van der Waals surface area contributed by atoms with Crippen molar-refractivity contribution in [3.63, 3.8) is 0 Å². The van der Waals surface area contributed by atoms with E-state index in [0.717, 1.165) is 25.2 Å². The molecule has 3 rings (SSSR count). The van der Waals surface area contributed by atoms with Crippen molar-refractivity contribution in [2.24, 2.45) is 5.73 Å². The Morgan fingerprint density at radius 2 is 1.54 bits per heavy atom. The van der Waals surface area contributed by atoms with Crippen molar-refractivity contribution in [2.75, 3.05) is 19.6 Å². The van der Waals surface area contributed by atoms with Crippen LogP contribution < -0.4 is 11.1 Å². The minimum absolute atomic E-state index is 0.109. The van der Waals surface area contributed by atoms with Crippen molar-refractivity contribution in [2.45, 2.75) is 24.8 Å². The molecule has 2 amide bonds. The van der Waals surface area contributed by atoms with Crippen LogP contribution in [0, 0.1) is 0 Å². The van der Waals surface area contributed by atoms with Gasteiger partial charge in [-0.05, 0) is 37.1 Å². The fraction of sp³-hybridized carbons (Fsp3) is 0.333. The van der Waals surface area contributed by atoms with Crippen LogP contribution in [0.25, 0.3) is 0 Å². The molecule has 0 aromatic heterocycles. The number of carbonyl (C=O) groups is 2. The Hall–Kier alpha value is -2.66. The number of nitrogens with one attached hydrogen (secondary N) is 1. The van der Waals surface area contributed by atoms with E-state index >= 15 is 0 Å². The van der Waals surface area contributed by atoms with E-state index in [1.165, 1.54) is 5.56 Å². The molecule has 0 aliphatic carbocycles. The smallest absolute Gasteiger partial charge is 0.236 e. The molecule has 0 spiro atoms. The van der Waals surface area contributed by atoms with E-state index < -0.39 is 11.3 Å². The van der Waals surface area contributed by atoms with Crippen LogP contribution in [0.15, 0.2) is 60.7 Å². The van der Waals surface area contributed by atoms with Gasteiger partial charge in [0.05, 0.1) is 12.0 Å². The second kappa shape index (κ2) is 8.15. The molecular weight excluding hydrogens is 326 g/mol. The monoisotopic (exact) mass is 351 g/mol. The summed E-state index contributed by atoms with van der Waals surface area (Å²) in [6.45, 7) is 2.41. The summed E-state index contributed by atoms with van der Waals surface area (Å²) in [6, 6.07) is 20.2. The van der Waals surface area contributed by atoms with Crippen LogP contribution in [0.5, 0.6) is 0 Å². The first kappa shape index (κ1) is 18.1. The molecule has 0 saturated carbocycles. The van der Waals surface area contributed by atoms with E-state index in [1.54, 1.807) is 0 Å². The molecule has 1 fully saturated rings. The van der Waals surface area contributed by atoms with Gasteiger partial charge >= 0.3 is 0 Å². The predicted octanol–water partition coefficient (Wildman–Crippen LogP) is 1.82. The lowest BCUT2D eigenvalue weighted by molar-refractivity contribution is -0.130. The Bertz CT molecular complexity index is 738. The molecule has 5 nitrogen and oxygen atoms in total. The first-order chi connectivity index (χ1) is 12.6. The van der Waals surface area contributed by atoms with Gasteiger partial charge in [0.2, 0.25) is 11.8 Å². The molecule has 0 radical (unpaired) electrons. The maximum absolute atomic E-state index is 13.0. The van der Waals surface area contributed by atoms with Crippen molar-refractivity contribution in [3.05, 3.63) is 71.8 Å². The number of nitrogens with two attached hydrogens (primary N) is 1. The second-order valence-corrected chi connectivity index (χ2v) is 6.86. The highest BCUT2D eigenvalue weighted by Gasteiger charge is 2.42. The van der Waals surface area contributed by atoms with Gasteiger partial charge in [-0.15, -0.1) is 0 Å². The zero-order chi connectivity index (χ0) is 18.4. The lowest BCUT2D eigenvalue weighted by Gasteiger charge is -2.41. The summed E-state index contributed by atoms with van der Waals surface area (Å²) in [7, 11) is 0. The van der Waals surface area contributed by atoms with E-state index in [-0.39, 0.29) is 12.5 Å². The molecule has 2 aromatic rings. The van der Waals surface area contributed by atoms with Gasteiger partial charge in [-0.25, -0.2) is 0 Å². The van der Waals surface area contributed by atoms with E-state index in [0.29, 0.717) is 12.8 Å². The van der Waals surface area contributed by atoms with Crippen LogP contribution in [-0.2, 0) is 21.5 Å². The zero-order valence-electron chi connectivity index (χ0n) is 14.9. The summed E-state index contributed by atoms with van der Waals surface area (Å²) in [5.41, 5.74) is 6.87. The van der Waals surface area contributed by atoms with Crippen molar-refractivity contribution in [1.82, 2.24) is 10.2 Å². The number of nitrogens with zero attached hydrogens (tertiary/aromatic N) is 1. The number of benzene rings is 2. The van der Waals surface area contributed by atoms with Crippen LogP contribution in [0.1, 0.15) is 24.0 Å². The largest absolute Gasteiger partial charge is 0.368 e. The average Bonchev–Trinajstić information content (AvgIpc) is 2.68. The number of piperidine rings is 1. The third-order valence-electron chi connectivity index (χ3n) is 5.14. The third-order valence-corrected chi connectivity index (χ3v) is 5.14. The predicted molar refractivity (Wildman–Crippen MR) is 101 cm³/mol. The van der Waals surface area contributed by atoms with E-state index in [1.807, 2.05) is 48.5 Å². The number of hydrogen-bond acceptors (Lipinski definition) is 3. The van der Waals surface area contributed by atoms with E-state index in [4.69, 9.17) is 5.73 Å². The van der Waals surface area contributed by atoms with Crippen molar-refractivity contribution < 1.29 is 9.59 Å². The standard InChI is InChI=1S/C21H25N3O2/c22-19(25)15-23-20(26)21(18-9-5-2-6-10-18)11-13-24(14-12-21)16-17-7-3-1-4-8-17/h1-10H,11-16H2,(H2,22,25)(H,23,26). The van der Waals surface area contributed by atoms with Gasteiger partial charge in [0.1, 0.15) is 0 Å². The first-order valence-corrected chi connectivity index (χ1v) is 8.98. The lowest BCUT2D eigenvalue weighted by Crippen LogP contribution is -2.52. The summed E-state index contributed by atoms with van der Waals surface area (Å²) in [5, 5.41) is 2.72. The number of carbonyl (C=O) groups excluding carboxylic acids is 2. The number of hydrogen-bond donors (Lipinski definition) is 2. The van der Waals surface area contributed by atoms with Crippen LogP contribution in [0.3, 0.4) is 0 Å². The Labute approximate surface area is 154 Å². The van der Waals surface area contributed by atoms with Gasteiger partial charge in [-0.1, -0.05) is 60.7 Å². The third kappa shape index (κ3) is 4.11. The average molecular weight is 351 g/mol. The molecule has 1 aliphatic heterocycles. The molecule has 1 aliphatic rings. The maximum atomic E-state index is 13.0. The number of rotatable bonds is 6. The highest BCUT2D eigenvalue weighted by atomic mass is 16.2. The van der Waals surface area contributed by atoms with Crippen molar-refractivity contribution in [3.8, 4) is 0 Å². The Morgan fingerprint density at radius 3 is 2.12 bits per heavy atom. The first-order valence-electron chi connectivity index (χ1n) is 8.98. The fourth-order valence-electron chi connectivity index (χ4n) is 3.68. The normalized spacial score (nSPS) is 16.8. The molecule has 0 atom stereocenters. The van der Waals surface area contributed by atoms with Crippen molar-refractivity contribution in [1.29, 1.82) is 0 Å². The molecule has 26 heavy (non-hydrogen) atoms. The van der Waals surface area contributed by atoms with Crippen molar-refractivity contribution >= 4 is 11.8 Å². The molecular formula is C21H25N3O2. The fourth-order valence-corrected chi connectivity index (χ4v) is 3.68. The SMILES string of the molecule is NC(=O)CNC(=O)C1(c2ccccc2)CCN(Cc2ccccc2)CC1. The minimum atomic E-state index is -0.607. The summed E-state index contributed by atoms with van der Waals surface area (Å²) in [6.07, 6.45) is 1.43. The van der Waals surface area contributed by atoms with Gasteiger partial charge in [0.15, 0.2) is 0 Å². The van der Waals surface area contributed by atoms with Crippen LogP contribution >= 0.6 is 0 Å². The van der Waals surface area contributed by atoms with Gasteiger partial charge in [-0.2, -0.15) is 0 Å². The Balaban J connectivity index is 1.74. The van der Waals surface area contributed by atoms with E-state index in [9.17, 15) is 9.59 Å². The zero-order valence-corrected chi connectivity index (χ0v) is 14.9. The maximum Gasteiger partial charge on any atom is 0.236 e. The lowest BCUT2D eigenvalue weighted by atomic mass is 9.72. The van der Waals surface area contributed by atoms with Gasteiger partial charge < -0.3 is 11.1 Å². The molecule has 136 valence electrons. The topological polar surface area (TPSA) is 75.4 Å². The Kier molecular flexibility index (Phi) is 5.68. The Morgan fingerprint density at radius 1 is 0.962 bits per heavy atom. The summed E-state index contributed by atoms with van der Waals surface area (Å²) >= 11 is 0. The number of primary amides is 1. The molecule has 1 saturated heterocycles. The number of likely N-dealkylation sites (tertiary alicyclic amines) is 1. The van der Waals surface area contributed by atoms with Gasteiger partial charge in [0.25, 0.3) is 0 Å². The summed E-state index contributed by atoms with van der Waals surface area (Å²) < 4.78 is 0. The molecule has 1 heterocycles. The van der Waals surface area contributed by atoms with Gasteiger partial charge in [-0.3, -0.25) is 14.5 Å². The quantitative estimate of drug-likeness (QED) is 0.834.